The van der Waals surface area contributed by atoms with Gasteiger partial charge in [0.1, 0.15) is 0 Å². The Morgan fingerprint density at radius 3 is 1.60 bits per heavy atom. The highest BCUT2D eigenvalue weighted by Crippen LogP contribution is 2.62. The molecule has 4 aliphatic carbocycles. The van der Waals surface area contributed by atoms with E-state index in [9.17, 15) is 0 Å². The Bertz CT molecular complexity index is 2570. The predicted octanol–water partition coefficient (Wildman–Crippen LogP) is 13.3. The van der Waals surface area contributed by atoms with Gasteiger partial charge in [-0.3, -0.25) is 0 Å². The number of nitrogens with zero attached hydrogens (tertiary/aromatic N) is 2. The number of fused-ring (bicyclic) bond motifs is 6. The summed E-state index contributed by atoms with van der Waals surface area (Å²) in [6.07, 6.45) is 8.39. The van der Waals surface area contributed by atoms with Crippen molar-refractivity contribution in [2.75, 3.05) is 9.80 Å². The van der Waals surface area contributed by atoms with E-state index in [1.807, 2.05) is 11.3 Å². The molecule has 0 amide bonds. The second kappa shape index (κ2) is 12.4. The van der Waals surface area contributed by atoms with E-state index in [4.69, 9.17) is 0 Å². The van der Waals surface area contributed by atoms with Gasteiger partial charge in [0.2, 0.25) is 0 Å². The second-order valence-corrected chi connectivity index (χ2v) is 23.2. The van der Waals surface area contributed by atoms with Crippen molar-refractivity contribution in [1.29, 1.82) is 0 Å². The molecule has 6 aromatic rings. The van der Waals surface area contributed by atoms with E-state index >= 15 is 0 Å². The summed E-state index contributed by atoms with van der Waals surface area (Å²) in [6, 6.07) is 41.3. The standard InChI is InChI=1S/C54H59BN2S/c1-51(2,3)36-14-19-40(20-15-36)56-44-27-38(53(7,8)9)18-23-43(44)55-48-45(56)28-39(54-30-33-24-34(31-54)26-35(25-33)32-54)29-46(48)57(41-21-16-37(17-22-41)52(4,5)6)49-42-12-10-11-13-47(42)58-50(49)55/h10-23,27-29,33-35H,24-26,30-32H2,1-9H3. The average molecular weight is 779 g/mol. The molecule has 0 spiro atoms. The zero-order chi connectivity index (χ0) is 40.1. The minimum Gasteiger partial charge on any atom is -0.311 e. The topological polar surface area (TPSA) is 6.48 Å². The molecule has 3 heterocycles. The van der Waals surface area contributed by atoms with Gasteiger partial charge in [0.05, 0.1) is 5.69 Å². The molecule has 0 N–H and O–H groups in total. The van der Waals surface area contributed by atoms with Crippen LogP contribution in [0.4, 0.5) is 34.1 Å². The van der Waals surface area contributed by atoms with Gasteiger partial charge in [-0.05, 0) is 160 Å². The van der Waals surface area contributed by atoms with Crippen LogP contribution in [-0.4, -0.2) is 6.71 Å². The van der Waals surface area contributed by atoms with Crippen molar-refractivity contribution in [2.45, 2.75) is 122 Å². The maximum Gasteiger partial charge on any atom is 0.264 e. The molecule has 1 aromatic heterocycles. The van der Waals surface area contributed by atoms with Crippen molar-refractivity contribution < 1.29 is 0 Å². The predicted molar refractivity (Wildman–Crippen MR) is 252 cm³/mol. The van der Waals surface area contributed by atoms with Crippen LogP contribution in [-0.2, 0) is 21.7 Å². The van der Waals surface area contributed by atoms with Gasteiger partial charge >= 0.3 is 0 Å². The summed E-state index contributed by atoms with van der Waals surface area (Å²) in [4.78, 5) is 5.39. The van der Waals surface area contributed by atoms with Crippen molar-refractivity contribution >= 4 is 78.0 Å². The van der Waals surface area contributed by atoms with Gasteiger partial charge in [-0.25, -0.2) is 0 Å². The Kier molecular flexibility index (Phi) is 7.85. The monoisotopic (exact) mass is 778 g/mol. The van der Waals surface area contributed by atoms with E-state index in [0.29, 0.717) is 0 Å². The molecule has 0 atom stereocenters. The molecule has 0 radical (unpaired) electrons. The third kappa shape index (κ3) is 5.56. The highest BCUT2D eigenvalue weighted by Gasteiger charge is 2.53. The molecule has 4 heteroatoms. The third-order valence-corrected chi connectivity index (χ3v) is 16.3. The average Bonchev–Trinajstić information content (AvgIpc) is 3.55. The van der Waals surface area contributed by atoms with Gasteiger partial charge < -0.3 is 9.80 Å². The molecule has 0 saturated heterocycles. The lowest BCUT2D eigenvalue weighted by Gasteiger charge is -2.57. The number of rotatable bonds is 3. The van der Waals surface area contributed by atoms with Crippen LogP contribution >= 0.6 is 11.3 Å². The van der Waals surface area contributed by atoms with Crippen LogP contribution in [0.5, 0.6) is 0 Å². The quantitative estimate of drug-likeness (QED) is 0.165. The zero-order valence-corrected chi connectivity index (χ0v) is 37.0. The lowest BCUT2D eigenvalue weighted by molar-refractivity contribution is -0.00514. The van der Waals surface area contributed by atoms with Gasteiger partial charge in [-0.1, -0.05) is 117 Å². The summed E-state index contributed by atoms with van der Waals surface area (Å²) in [6.45, 7) is 21.2. The van der Waals surface area contributed by atoms with Crippen LogP contribution < -0.4 is 25.5 Å². The Morgan fingerprint density at radius 2 is 1.05 bits per heavy atom. The summed E-state index contributed by atoms with van der Waals surface area (Å²) >= 11 is 2.01. The summed E-state index contributed by atoms with van der Waals surface area (Å²) in [5, 5.41) is 1.36. The maximum absolute atomic E-state index is 2.72. The molecule has 58 heavy (non-hydrogen) atoms. The van der Waals surface area contributed by atoms with Crippen LogP contribution in [0.25, 0.3) is 10.1 Å². The van der Waals surface area contributed by atoms with E-state index in [0.717, 1.165) is 17.8 Å². The molecule has 2 nitrogen and oxygen atoms in total. The smallest absolute Gasteiger partial charge is 0.264 e. The first-order valence-electron chi connectivity index (χ1n) is 22.2. The fourth-order valence-corrected chi connectivity index (χ4v) is 13.7. The normalized spacial score (nSPS) is 23.3. The molecule has 294 valence electrons. The van der Waals surface area contributed by atoms with Crippen molar-refractivity contribution in [3.8, 4) is 0 Å². The SMILES string of the molecule is CC(C)(C)c1ccc(N2c3cc(C(C)(C)C)ccc3B3c4sc5ccccc5c4N(c4ccc(C(C)(C)C)cc4)c4cc(C56CC7CC(CC(C7)C5)C6)cc2c43)cc1. The summed E-state index contributed by atoms with van der Waals surface area (Å²) in [7, 11) is 0. The molecule has 4 fully saturated rings. The molecule has 6 aliphatic rings. The van der Waals surface area contributed by atoms with Gasteiger partial charge in [-0.15, -0.1) is 11.3 Å². The number of hydrogen-bond donors (Lipinski definition) is 0. The fourth-order valence-electron chi connectivity index (χ4n) is 12.4. The Balaban J connectivity index is 1.24. The largest absolute Gasteiger partial charge is 0.311 e. The number of benzene rings is 5. The van der Waals surface area contributed by atoms with E-state index in [1.165, 1.54) is 115 Å². The van der Waals surface area contributed by atoms with Crippen molar-refractivity contribution in [3.63, 3.8) is 0 Å². The highest BCUT2D eigenvalue weighted by atomic mass is 32.1. The Morgan fingerprint density at radius 1 is 0.552 bits per heavy atom. The van der Waals surface area contributed by atoms with E-state index in [-0.39, 0.29) is 28.4 Å². The second-order valence-electron chi connectivity index (χ2n) is 22.2. The lowest BCUT2D eigenvalue weighted by atomic mass is 9.36. The van der Waals surface area contributed by atoms with Crippen LogP contribution in [0, 0.1) is 17.8 Å². The summed E-state index contributed by atoms with van der Waals surface area (Å²) in [5.41, 5.74) is 17.0. The number of anilines is 6. The summed E-state index contributed by atoms with van der Waals surface area (Å²) < 4.78 is 2.83. The molecule has 4 saturated carbocycles. The summed E-state index contributed by atoms with van der Waals surface area (Å²) in [5.74, 6) is 2.61. The van der Waals surface area contributed by atoms with E-state index < -0.39 is 0 Å². The maximum atomic E-state index is 2.72. The zero-order valence-electron chi connectivity index (χ0n) is 36.2. The molecule has 0 unspecified atom stereocenters. The lowest BCUT2D eigenvalue weighted by Crippen LogP contribution is -2.60. The molecular weight excluding hydrogens is 719 g/mol. The molecule has 5 aromatic carbocycles. The van der Waals surface area contributed by atoms with E-state index in [1.54, 1.807) is 5.56 Å². The fraction of sp³-hybridized carbons (Fsp3) is 0.407. The Hall–Kier alpha value is -4.28. The van der Waals surface area contributed by atoms with Crippen LogP contribution in [0.15, 0.2) is 103 Å². The van der Waals surface area contributed by atoms with Crippen LogP contribution in [0.1, 0.15) is 123 Å². The van der Waals surface area contributed by atoms with Crippen molar-refractivity contribution in [1.82, 2.24) is 0 Å². The van der Waals surface area contributed by atoms with Crippen LogP contribution in [0.2, 0.25) is 0 Å². The minimum absolute atomic E-state index is 0.0224. The first-order valence-corrected chi connectivity index (χ1v) is 23.0. The van der Waals surface area contributed by atoms with E-state index in [2.05, 4.69) is 175 Å². The molecule has 2 aliphatic heterocycles. The van der Waals surface area contributed by atoms with Gasteiger partial charge in [0, 0.05) is 43.3 Å². The number of thiophene rings is 1. The third-order valence-electron chi connectivity index (χ3n) is 15.1. The first-order chi connectivity index (χ1) is 27.6. The van der Waals surface area contributed by atoms with Gasteiger partial charge in [0.15, 0.2) is 0 Å². The molecular formula is C54H59BN2S. The van der Waals surface area contributed by atoms with Crippen molar-refractivity contribution in [3.05, 3.63) is 125 Å². The number of hydrogen-bond acceptors (Lipinski definition) is 3. The highest BCUT2D eigenvalue weighted by molar-refractivity contribution is 7.33. The minimum atomic E-state index is 0.0224. The van der Waals surface area contributed by atoms with Crippen LogP contribution in [0.3, 0.4) is 0 Å². The molecule has 12 rings (SSSR count). The molecule has 4 bridgehead atoms. The van der Waals surface area contributed by atoms with Gasteiger partial charge in [-0.2, -0.15) is 0 Å². The van der Waals surface area contributed by atoms with Crippen molar-refractivity contribution in [2.24, 2.45) is 17.8 Å². The van der Waals surface area contributed by atoms with Gasteiger partial charge in [0.25, 0.3) is 6.71 Å². The Labute approximate surface area is 351 Å². The first kappa shape index (κ1) is 36.8.